The molecule has 3 atom stereocenters. The molecule has 0 aromatic rings. The van der Waals surface area contributed by atoms with Gasteiger partial charge in [0.1, 0.15) is 0 Å². The van der Waals surface area contributed by atoms with Gasteiger partial charge in [0.2, 0.25) is 0 Å². The molecule has 0 aromatic heterocycles. The van der Waals surface area contributed by atoms with E-state index < -0.39 is 5.69 Å². The van der Waals surface area contributed by atoms with Crippen LogP contribution in [-0.4, -0.2) is 0 Å². The molecule has 0 rings (SSSR count). The molecule has 0 aliphatic rings. The summed E-state index contributed by atoms with van der Waals surface area (Å²) in [6.45, 7) is 13.8. The molecule has 0 saturated heterocycles. The Balaban J connectivity index is -0.000000167. The van der Waals surface area contributed by atoms with Crippen molar-refractivity contribution in [3.05, 3.63) is 0 Å². The van der Waals surface area contributed by atoms with Crippen LogP contribution in [0.5, 0.6) is 0 Å². The van der Waals surface area contributed by atoms with Gasteiger partial charge >= 0.3 is 206 Å². The minimum Gasteiger partial charge on any atom is -0.850 e. The fourth-order valence-electron chi connectivity index (χ4n) is 3.14. The molecule has 8 heteroatoms. The van der Waals surface area contributed by atoms with Gasteiger partial charge in [-0.1, -0.05) is 0 Å². The third-order valence-corrected chi connectivity index (χ3v) is 11.0. The molecule has 0 amide bonds. The molecule has 0 bridgehead atoms. The second-order valence-electron chi connectivity index (χ2n) is 8.56. The average molecular weight is 663 g/mol. The Morgan fingerprint density at radius 1 is 0.625 bits per heavy atom. The summed E-state index contributed by atoms with van der Waals surface area (Å²) in [5, 5.41) is 4.49. The first-order valence-electron chi connectivity index (χ1n) is 13.1. The third-order valence-electron chi connectivity index (χ3n) is 5.85. The Bertz CT molecular complexity index is 317. The summed E-state index contributed by atoms with van der Waals surface area (Å²) in [6.07, 6.45) is 17.1. The van der Waals surface area contributed by atoms with Gasteiger partial charge in [0.25, 0.3) is 0 Å². The predicted octanol–water partition coefficient (Wildman–Crippen LogP) is 7.98. The average Bonchev–Trinajstić information content (AvgIpc) is 2.76. The summed E-state index contributed by atoms with van der Waals surface area (Å²) in [6, 6.07) is 0. The van der Waals surface area contributed by atoms with Crippen LogP contribution in [-0.2, 0) is 79.0 Å². The fraction of sp³-hybridized carbons (Fsp3) is 1.00. The van der Waals surface area contributed by atoms with Gasteiger partial charge in [0.05, 0.1) is 0 Å². The number of hydrogen-bond donors (Lipinski definition) is 0. The van der Waals surface area contributed by atoms with Crippen LogP contribution in [0.1, 0.15) is 119 Å². The van der Waals surface area contributed by atoms with Crippen LogP contribution in [0.25, 0.3) is 0 Å². The Kier molecular flexibility index (Phi) is 44.2. The molecule has 0 aliphatic heterocycles. The molecule has 2 nitrogen and oxygen atoms in total. The van der Waals surface area contributed by atoms with Crippen molar-refractivity contribution in [3.8, 4) is 0 Å². The molecule has 0 heterocycles. The second kappa shape index (κ2) is 33.8. The van der Waals surface area contributed by atoms with Crippen molar-refractivity contribution < 1.29 is 64.7 Å². The Morgan fingerprint density at radius 3 is 0.906 bits per heavy atom. The van der Waals surface area contributed by atoms with Crippen LogP contribution in [0, 0.1) is 17.8 Å². The van der Waals surface area contributed by atoms with E-state index in [-0.39, 0.29) is 0 Å². The molecular weight excluding hydrogens is 612 g/mol. The van der Waals surface area contributed by atoms with E-state index in [1.165, 1.54) is 147 Å². The number of unbranched alkanes of at least 4 members (excludes halogenated alkanes) is 3. The zero-order valence-electron chi connectivity index (χ0n) is 22.5. The third kappa shape index (κ3) is 46.2. The van der Waals surface area contributed by atoms with E-state index in [9.17, 15) is 9.79 Å². The van der Waals surface area contributed by atoms with E-state index in [0.717, 1.165) is 17.8 Å². The topological polar surface area (TPSA) is 46.1 Å². The molecular formula is C24H51O2PS2Zn3. The summed E-state index contributed by atoms with van der Waals surface area (Å²) in [5.74, 6) is 3.18. The molecule has 0 aromatic carbocycles. The van der Waals surface area contributed by atoms with Gasteiger partial charge < -0.3 is 27.7 Å². The summed E-state index contributed by atoms with van der Waals surface area (Å²) in [5.41, 5.74) is -3.72. The molecule has 0 fully saturated rings. The molecule has 3 unspecified atom stereocenters. The zero-order chi connectivity index (χ0) is 25.8. The van der Waals surface area contributed by atoms with Crippen LogP contribution in [0.3, 0.4) is 0 Å². The van der Waals surface area contributed by atoms with Crippen LogP contribution in [0.15, 0.2) is 0 Å². The number of hydrogen-bond acceptors (Lipinski definition) is 4. The van der Waals surface area contributed by atoms with Crippen molar-refractivity contribution in [2.45, 2.75) is 134 Å². The van der Waals surface area contributed by atoms with Crippen LogP contribution >= 0.6 is 5.69 Å². The normalized spacial score (nSPS) is 13.5. The molecule has 0 saturated carbocycles. The van der Waals surface area contributed by atoms with E-state index in [4.69, 9.17) is 0 Å². The summed E-state index contributed by atoms with van der Waals surface area (Å²) < 4.78 is 0. The maximum Gasteiger partial charge on any atom is -0.160 e. The first-order chi connectivity index (χ1) is 15.0. The van der Waals surface area contributed by atoms with Crippen molar-refractivity contribution in [1.82, 2.24) is 0 Å². The first-order valence-corrected chi connectivity index (χ1v) is 23.1. The smallest absolute Gasteiger partial charge is 0.160 e. The Hall–Kier alpha value is 2.79. The Labute approximate surface area is 243 Å². The van der Waals surface area contributed by atoms with E-state index >= 15 is 0 Å². The molecule has 0 N–H and O–H groups in total. The predicted molar refractivity (Wildman–Crippen MR) is 136 cm³/mol. The molecule has 0 aliphatic carbocycles. The van der Waals surface area contributed by atoms with E-state index in [1.54, 1.807) is 0 Å². The maximum absolute atomic E-state index is 9.29. The van der Waals surface area contributed by atoms with Gasteiger partial charge in [0.15, 0.2) is 0 Å². The standard InChI is InChI=1S/3C8H17.H3O2PS2.3Zn/c3*1-4-6-7-8(3)5-2;1-3(2,4)5;;;/h3*8H,3-7H2,1-2H3;(H3,1,2,4,5);;;/q;;;;3*+1/p-3. The van der Waals surface area contributed by atoms with Crippen molar-refractivity contribution >= 4 is 29.7 Å². The SMILES string of the molecule is CCCCC(CC)[CH2][Zn+].CCCCC(CC)[CH2][Zn+].CCCCC(CC)[CH2][Zn+].[O-]P([O-])(=S)[S-]. The minimum atomic E-state index is -3.72. The van der Waals surface area contributed by atoms with Crippen molar-refractivity contribution in [2.75, 3.05) is 0 Å². The fourth-order valence-corrected chi connectivity index (χ4v) is 7.52. The van der Waals surface area contributed by atoms with Gasteiger partial charge in [-0.25, -0.2) is 0 Å². The maximum atomic E-state index is 9.29. The molecule has 32 heavy (non-hydrogen) atoms. The summed E-state index contributed by atoms with van der Waals surface area (Å²) in [7, 11) is 0. The Morgan fingerprint density at radius 2 is 0.812 bits per heavy atom. The van der Waals surface area contributed by atoms with E-state index in [2.05, 4.69) is 65.6 Å². The van der Waals surface area contributed by atoms with Crippen LogP contribution < -0.4 is 9.79 Å². The zero-order valence-corrected chi connectivity index (χ0v) is 34.0. The molecule has 0 radical (unpaired) electrons. The van der Waals surface area contributed by atoms with E-state index in [0.29, 0.717) is 0 Å². The second-order valence-corrected chi connectivity index (χ2v) is 16.7. The summed E-state index contributed by atoms with van der Waals surface area (Å²) in [4.78, 5) is 18.6. The van der Waals surface area contributed by atoms with Crippen molar-refractivity contribution in [1.29, 1.82) is 0 Å². The molecule has 182 valence electrons. The quantitative estimate of drug-likeness (QED) is 0.101. The van der Waals surface area contributed by atoms with Crippen molar-refractivity contribution in [2.24, 2.45) is 17.8 Å². The number of rotatable bonds is 15. The van der Waals surface area contributed by atoms with Gasteiger partial charge in [-0.05, 0) is 0 Å². The van der Waals surface area contributed by atoms with Gasteiger partial charge in [-0.15, -0.1) is 0 Å². The van der Waals surface area contributed by atoms with Gasteiger partial charge in [-0.3, -0.25) is 0 Å². The van der Waals surface area contributed by atoms with E-state index in [1.807, 2.05) is 0 Å². The van der Waals surface area contributed by atoms with Crippen molar-refractivity contribution in [3.63, 3.8) is 0 Å². The summed E-state index contributed by atoms with van der Waals surface area (Å²) >= 11 is 11.7. The van der Waals surface area contributed by atoms with Gasteiger partial charge in [0, 0.05) is 0 Å². The van der Waals surface area contributed by atoms with Gasteiger partial charge in [-0.2, -0.15) is 11.8 Å². The first kappa shape index (κ1) is 41.9. The monoisotopic (exact) mass is 658 g/mol. The van der Waals surface area contributed by atoms with Crippen LogP contribution in [0.4, 0.5) is 0 Å². The largest absolute Gasteiger partial charge is 0.850 e. The molecule has 0 spiro atoms. The van der Waals surface area contributed by atoms with Crippen LogP contribution in [0.2, 0.25) is 15.0 Å². The minimum absolute atomic E-state index is 1.06.